The molecule has 1 aromatic rings. The Morgan fingerprint density at radius 3 is 3.06 bits per heavy atom. The highest BCUT2D eigenvalue weighted by Crippen LogP contribution is 2.25. The van der Waals surface area contributed by atoms with Crippen LogP contribution in [-0.4, -0.2) is 32.1 Å². The number of fused-ring (bicyclic) bond motifs is 1. The van der Waals surface area contributed by atoms with Crippen LogP contribution in [0.3, 0.4) is 0 Å². The van der Waals surface area contributed by atoms with Crippen molar-refractivity contribution in [1.29, 1.82) is 0 Å². The average Bonchev–Trinajstić information content (AvgIpc) is 2.37. The van der Waals surface area contributed by atoms with Crippen molar-refractivity contribution in [2.24, 2.45) is 5.73 Å². The fraction of sp³-hybridized carbons (Fsp3) is 0.462. The lowest BCUT2D eigenvalue weighted by Gasteiger charge is -2.30. The number of nitrogens with zero attached hydrogens (tertiary/aromatic N) is 1. The maximum atomic E-state index is 11.7. The number of rotatable bonds is 4. The molecule has 0 unspecified atom stereocenters. The van der Waals surface area contributed by atoms with E-state index in [0.717, 1.165) is 19.4 Å². The largest absolute Gasteiger partial charge is 0.362 e. The number of nitrogens with two attached hydrogens (primary N) is 1. The molecule has 0 spiro atoms. The number of carbonyl (C=O) groups is 1. The van der Waals surface area contributed by atoms with Crippen molar-refractivity contribution in [3.63, 3.8) is 0 Å². The summed E-state index contributed by atoms with van der Waals surface area (Å²) in [5.41, 5.74) is 7.89. The number of anilines is 1. The monoisotopic (exact) mass is 233 g/mol. The van der Waals surface area contributed by atoms with Crippen LogP contribution in [0.1, 0.15) is 12.0 Å². The molecular formula is C13H19N3O. The first-order valence-electron chi connectivity index (χ1n) is 6.11. The van der Waals surface area contributed by atoms with Gasteiger partial charge in [-0.15, -0.1) is 0 Å². The van der Waals surface area contributed by atoms with Crippen LogP contribution in [0, 0.1) is 0 Å². The zero-order valence-corrected chi connectivity index (χ0v) is 9.98. The molecule has 4 heteroatoms. The molecule has 92 valence electrons. The summed E-state index contributed by atoms with van der Waals surface area (Å²) < 4.78 is 0. The van der Waals surface area contributed by atoms with E-state index >= 15 is 0 Å². The Balaban J connectivity index is 2.01. The smallest absolute Gasteiger partial charge is 0.239 e. The highest BCUT2D eigenvalue weighted by atomic mass is 16.2. The SMILES string of the molecule is NCCNC(=O)CN1CCCc2ccccc21. The number of aryl methyl sites for hydroxylation is 1. The Morgan fingerprint density at radius 2 is 2.24 bits per heavy atom. The molecule has 0 aromatic heterocycles. The minimum absolute atomic E-state index is 0.0483. The van der Waals surface area contributed by atoms with Gasteiger partial charge in [0.2, 0.25) is 5.91 Å². The van der Waals surface area contributed by atoms with Gasteiger partial charge < -0.3 is 16.0 Å². The molecular weight excluding hydrogens is 214 g/mol. The Kier molecular flexibility index (Phi) is 3.98. The van der Waals surface area contributed by atoms with Gasteiger partial charge in [0.25, 0.3) is 0 Å². The molecule has 0 aliphatic carbocycles. The first-order chi connectivity index (χ1) is 8.31. The molecule has 1 amide bonds. The third-order valence-corrected chi connectivity index (χ3v) is 3.01. The third-order valence-electron chi connectivity index (χ3n) is 3.01. The van der Waals surface area contributed by atoms with Crippen LogP contribution in [0.15, 0.2) is 24.3 Å². The predicted octanol–water partition coefficient (Wildman–Crippen LogP) is 0.514. The maximum absolute atomic E-state index is 11.7. The predicted molar refractivity (Wildman–Crippen MR) is 69.0 cm³/mol. The van der Waals surface area contributed by atoms with Gasteiger partial charge in [0.05, 0.1) is 6.54 Å². The van der Waals surface area contributed by atoms with Gasteiger partial charge in [0, 0.05) is 25.3 Å². The van der Waals surface area contributed by atoms with Crippen LogP contribution < -0.4 is 16.0 Å². The van der Waals surface area contributed by atoms with Crippen molar-refractivity contribution in [2.45, 2.75) is 12.8 Å². The van der Waals surface area contributed by atoms with Gasteiger partial charge in [-0.1, -0.05) is 18.2 Å². The van der Waals surface area contributed by atoms with E-state index in [0.29, 0.717) is 19.6 Å². The minimum Gasteiger partial charge on any atom is -0.362 e. The first kappa shape index (κ1) is 11.9. The van der Waals surface area contributed by atoms with E-state index in [2.05, 4.69) is 28.4 Å². The summed E-state index contributed by atoms with van der Waals surface area (Å²) in [6, 6.07) is 8.30. The molecule has 0 saturated heterocycles. The number of amides is 1. The van der Waals surface area contributed by atoms with Crippen molar-refractivity contribution in [2.75, 3.05) is 31.1 Å². The zero-order valence-electron chi connectivity index (χ0n) is 9.98. The lowest BCUT2D eigenvalue weighted by molar-refractivity contribution is -0.119. The molecule has 0 radical (unpaired) electrons. The Labute approximate surface area is 102 Å². The number of hydrogen-bond donors (Lipinski definition) is 2. The van der Waals surface area contributed by atoms with Crippen molar-refractivity contribution < 1.29 is 4.79 Å². The number of hydrogen-bond acceptors (Lipinski definition) is 3. The number of carbonyl (C=O) groups excluding carboxylic acids is 1. The summed E-state index contributed by atoms with van der Waals surface area (Å²) in [6.07, 6.45) is 2.22. The van der Waals surface area contributed by atoms with E-state index in [-0.39, 0.29) is 5.91 Å². The second-order valence-electron chi connectivity index (χ2n) is 4.29. The van der Waals surface area contributed by atoms with Gasteiger partial charge in [0.1, 0.15) is 0 Å². The topological polar surface area (TPSA) is 58.4 Å². The highest BCUT2D eigenvalue weighted by Gasteiger charge is 2.17. The van der Waals surface area contributed by atoms with E-state index < -0.39 is 0 Å². The molecule has 0 atom stereocenters. The Morgan fingerprint density at radius 1 is 1.41 bits per heavy atom. The number of benzene rings is 1. The van der Waals surface area contributed by atoms with E-state index in [4.69, 9.17) is 5.73 Å². The summed E-state index contributed by atoms with van der Waals surface area (Å²) in [4.78, 5) is 13.8. The molecule has 1 aliphatic heterocycles. The van der Waals surface area contributed by atoms with Crippen LogP contribution in [0.2, 0.25) is 0 Å². The highest BCUT2D eigenvalue weighted by molar-refractivity contribution is 5.81. The maximum Gasteiger partial charge on any atom is 0.239 e. The number of nitrogens with one attached hydrogen (secondary N) is 1. The van der Waals surface area contributed by atoms with E-state index in [1.165, 1.54) is 11.3 Å². The van der Waals surface area contributed by atoms with Gasteiger partial charge in [-0.3, -0.25) is 4.79 Å². The van der Waals surface area contributed by atoms with Crippen molar-refractivity contribution in [3.8, 4) is 0 Å². The minimum atomic E-state index is 0.0483. The van der Waals surface area contributed by atoms with Crippen LogP contribution in [0.5, 0.6) is 0 Å². The molecule has 1 aliphatic rings. The second-order valence-corrected chi connectivity index (χ2v) is 4.29. The van der Waals surface area contributed by atoms with Crippen molar-refractivity contribution in [1.82, 2.24) is 5.32 Å². The van der Waals surface area contributed by atoms with Crippen LogP contribution >= 0.6 is 0 Å². The zero-order chi connectivity index (χ0) is 12.1. The second kappa shape index (κ2) is 5.68. The molecule has 2 rings (SSSR count). The fourth-order valence-electron chi connectivity index (χ4n) is 2.22. The first-order valence-corrected chi connectivity index (χ1v) is 6.11. The lowest BCUT2D eigenvalue weighted by atomic mass is 10.0. The summed E-state index contributed by atoms with van der Waals surface area (Å²) in [7, 11) is 0. The van der Waals surface area contributed by atoms with Crippen LogP contribution in [-0.2, 0) is 11.2 Å². The molecule has 1 heterocycles. The van der Waals surface area contributed by atoms with Gasteiger partial charge in [-0.05, 0) is 24.5 Å². The average molecular weight is 233 g/mol. The molecule has 0 bridgehead atoms. The molecule has 3 N–H and O–H groups in total. The van der Waals surface area contributed by atoms with Crippen LogP contribution in [0.4, 0.5) is 5.69 Å². The molecule has 4 nitrogen and oxygen atoms in total. The molecule has 1 aromatic carbocycles. The van der Waals surface area contributed by atoms with Crippen LogP contribution in [0.25, 0.3) is 0 Å². The molecule has 17 heavy (non-hydrogen) atoms. The van der Waals surface area contributed by atoms with Gasteiger partial charge >= 0.3 is 0 Å². The quantitative estimate of drug-likeness (QED) is 0.797. The summed E-state index contributed by atoms with van der Waals surface area (Å²) in [6.45, 7) is 2.42. The van der Waals surface area contributed by atoms with E-state index in [1.807, 2.05) is 6.07 Å². The van der Waals surface area contributed by atoms with Crippen molar-refractivity contribution in [3.05, 3.63) is 29.8 Å². The van der Waals surface area contributed by atoms with Gasteiger partial charge in [0.15, 0.2) is 0 Å². The van der Waals surface area contributed by atoms with Gasteiger partial charge in [-0.25, -0.2) is 0 Å². The summed E-state index contributed by atoms with van der Waals surface area (Å²) >= 11 is 0. The molecule has 0 saturated carbocycles. The fourth-order valence-corrected chi connectivity index (χ4v) is 2.22. The normalized spacial score (nSPS) is 14.3. The van der Waals surface area contributed by atoms with E-state index in [1.54, 1.807) is 0 Å². The summed E-state index contributed by atoms with van der Waals surface area (Å²) in [5.74, 6) is 0.0483. The third kappa shape index (κ3) is 2.97. The summed E-state index contributed by atoms with van der Waals surface area (Å²) in [5, 5.41) is 2.80. The lowest BCUT2D eigenvalue weighted by Crippen LogP contribution is -2.41. The standard InChI is InChI=1S/C13H19N3O/c14-7-8-15-13(17)10-16-9-3-5-11-4-1-2-6-12(11)16/h1-2,4,6H,3,5,7-10,14H2,(H,15,17). The Hall–Kier alpha value is -1.55. The van der Waals surface area contributed by atoms with Gasteiger partial charge in [-0.2, -0.15) is 0 Å². The number of para-hydroxylation sites is 1. The Bertz CT molecular complexity index is 392. The van der Waals surface area contributed by atoms with E-state index in [9.17, 15) is 4.79 Å². The molecule has 0 fully saturated rings. The van der Waals surface area contributed by atoms with Crippen molar-refractivity contribution >= 4 is 11.6 Å².